The number of pyridine rings is 1. The molecule has 0 saturated heterocycles. The molecule has 0 spiro atoms. The summed E-state index contributed by atoms with van der Waals surface area (Å²) in [6.45, 7) is 0.367. The van der Waals surface area contributed by atoms with E-state index in [1.807, 2.05) is 6.07 Å². The SMILES string of the molecule is NCc1cc(NC2CC2)c2ccc(F)cc2n1. The average Bonchev–Trinajstić information content (AvgIpc) is 3.12. The Kier molecular flexibility index (Phi) is 2.44. The van der Waals surface area contributed by atoms with Crippen LogP contribution in [0.5, 0.6) is 0 Å². The Labute approximate surface area is 98.8 Å². The second kappa shape index (κ2) is 3.96. The van der Waals surface area contributed by atoms with E-state index in [0.29, 0.717) is 18.1 Å². The van der Waals surface area contributed by atoms with Crippen LogP contribution >= 0.6 is 0 Å². The van der Waals surface area contributed by atoms with E-state index in [1.54, 1.807) is 6.07 Å². The van der Waals surface area contributed by atoms with E-state index in [2.05, 4.69) is 10.3 Å². The molecule has 0 amide bonds. The summed E-state index contributed by atoms with van der Waals surface area (Å²) in [5, 5.41) is 4.39. The number of benzene rings is 1. The van der Waals surface area contributed by atoms with Gasteiger partial charge in [0.25, 0.3) is 0 Å². The molecule has 1 aromatic carbocycles. The maximum absolute atomic E-state index is 13.2. The first-order chi connectivity index (χ1) is 8.26. The third-order valence-electron chi connectivity index (χ3n) is 2.97. The molecule has 2 aromatic rings. The maximum atomic E-state index is 13.2. The lowest BCUT2D eigenvalue weighted by Gasteiger charge is -2.10. The average molecular weight is 231 g/mol. The molecule has 17 heavy (non-hydrogen) atoms. The lowest BCUT2D eigenvalue weighted by Crippen LogP contribution is -2.06. The summed E-state index contributed by atoms with van der Waals surface area (Å²) in [6.07, 6.45) is 2.39. The van der Waals surface area contributed by atoms with Gasteiger partial charge >= 0.3 is 0 Å². The zero-order valence-corrected chi connectivity index (χ0v) is 9.41. The third-order valence-corrected chi connectivity index (χ3v) is 2.97. The predicted molar refractivity (Wildman–Crippen MR) is 66.2 cm³/mol. The molecule has 0 aliphatic heterocycles. The molecule has 1 aliphatic carbocycles. The van der Waals surface area contributed by atoms with Crippen molar-refractivity contribution in [2.45, 2.75) is 25.4 Å². The van der Waals surface area contributed by atoms with Crippen molar-refractivity contribution in [1.29, 1.82) is 0 Å². The van der Waals surface area contributed by atoms with Crippen LogP contribution in [0.3, 0.4) is 0 Å². The number of nitrogens with two attached hydrogens (primary N) is 1. The van der Waals surface area contributed by atoms with Gasteiger partial charge < -0.3 is 11.1 Å². The number of rotatable bonds is 3. The van der Waals surface area contributed by atoms with E-state index in [4.69, 9.17) is 5.73 Å². The van der Waals surface area contributed by atoms with Gasteiger partial charge in [-0.15, -0.1) is 0 Å². The largest absolute Gasteiger partial charge is 0.382 e. The molecule has 1 saturated carbocycles. The maximum Gasteiger partial charge on any atom is 0.125 e. The van der Waals surface area contributed by atoms with Crippen LogP contribution in [0.1, 0.15) is 18.5 Å². The van der Waals surface area contributed by atoms with Crippen LogP contribution in [0.4, 0.5) is 10.1 Å². The minimum Gasteiger partial charge on any atom is -0.382 e. The van der Waals surface area contributed by atoms with Crippen molar-refractivity contribution < 1.29 is 4.39 Å². The van der Waals surface area contributed by atoms with E-state index in [1.165, 1.54) is 25.0 Å². The molecular formula is C13H14FN3. The summed E-state index contributed by atoms with van der Waals surface area (Å²) in [5.74, 6) is -0.267. The number of aromatic nitrogens is 1. The molecule has 0 unspecified atom stereocenters. The van der Waals surface area contributed by atoms with E-state index in [-0.39, 0.29) is 5.82 Å². The van der Waals surface area contributed by atoms with Gasteiger partial charge in [-0.05, 0) is 31.0 Å². The Balaban J connectivity index is 2.15. The third kappa shape index (κ3) is 2.08. The van der Waals surface area contributed by atoms with Gasteiger partial charge in [0.1, 0.15) is 5.82 Å². The monoisotopic (exact) mass is 231 g/mol. The summed E-state index contributed by atoms with van der Waals surface area (Å²) in [5.41, 5.74) is 8.07. The minimum atomic E-state index is -0.267. The zero-order chi connectivity index (χ0) is 11.8. The topological polar surface area (TPSA) is 50.9 Å². The Morgan fingerprint density at radius 3 is 2.88 bits per heavy atom. The number of halogens is 1. The predicted octanol–water partition coefficient (Wildman–Crippen LogP) is 2.41. The van der Waals surface area contributed by atoms with E-state index >= 15 is 0 Å². The van der Waals surface area contributed by atoms with Gasteiger partial charge in [-0.25, -0.2) is 4.39 Å². The number of fused-ring (bicyclic) bond motifs is 1. The first-order valence-electron chi connectivity index (χ1n) is 5.82. The van der Waals surface area contributed by atoms with Crippen LogP contribution in [0, 0.1) is 5.82 Å². The van der Waals surface area contributed by atoms with Crippen molar-refractivity contribution in [2.75, 3.05) is 5.32 Å². The number of hydrogen-bond acceptors (Lipinski definition) is 3. The van der Waals surface area contributed by atoms with Gasteiger partial charge in [0.05, 0.1) is 11.2 Å². The Morgan fingerprint density at radius 1 is 1.35 bits per heavy atom. The molecule has 88 valence electrons. The molecule has 1 aromatic heterocycles. The summed E-state index contributed by atoms with van der Waals surface area (Å²) in [4.78, 5) is 4.34. The van der Waals surface area contributed by atoms with Crippen LogP contribution in [-0.4, -0.2) is 11.0 Å². The molecule has 0 radical (unpaired) electrons. The van der Waals surface area contributed by atoms with Gasteiger partial charge in [0, 0.05) is 29.7 Å². The number of anilines is 1. The van der Waals surface area contributed by atoms with E-state index in [0.717, 1.165) is 16.8 Å². The first kappa shape index (κ1) is 10.5. The van der Waals surface area contributed by atoms with Gasteiger partial charge in [0.15, 0.2) is 0 Å². The molecule has 0 atom stereocenters. The smallest absolute Gasteiger partial charge is 0.125 e. The van der Waals surface area contributed by atoms with Crippen molar-refractivity contribution in [1.82, 2.24) is 4.98 Å². The molecule has 1 fully saturated rings. The highest BCUT2D eigenvalue weighted by molar-refractivity contribution is 5.91. The fourth-order valence-corrected chi connectivity index (χ4v) is 1.93. The second-order valence-corrected chi connectivity index (χ2v) is 4.45. The Hall–Kier alpha value is -1.68. The molecule has 3 N–H and O–H groups in total. The molecule has 1 heterocycles. The summed E-state index contributed by atoms with van der Waals surface area (Å²) < 4.78 is 13.2. The number of nitrogens with one attached hydrogen (secondary N) is 1. The first-order valence-corrected chi connectivity index (χ1v) is 5.82. The van der Waals surface area contributed by atoms with Gasteiger partial charge in [-0.2, -0.15) is 0 Å². The molecule has 1 aliphatic rings. The van der Waals surface area contributed by atoms with Gasteiger partial charge in [0.2, 0.25) is 0 Å². The minimum absolute atomic E-state index is 0.267. The van der Waals surface area contributed by atoms with Gasteiger partial charge in [-0.3, -0.25) is 4.98 Å². The van der Waals surface area contributed by atoms with Crippen LogP contribution in [0.2, 0.25) is 0 Å². The Morgan fingerprint density at radius 2 is 2.18 bits per heavy atom. The summed E-state index contributed by atoms with van der Waals surface area (Å²) in [7, 11) is 0. The number of hydrogen-bond donors (Lipinski definition) is 2. The lowest BCUT2D eigenvalue weighted by atomic mass is 10.1. The van der Waals surface area contributed by atoms with Crippen LogP contribution in [-0.2, 0) is 6.54 Å². The molecule has 4 heteroatoms. The standard InChI is InChI=1S/C13H14FN3/c14-8-1-4-11-12(5-8)17-10(7-15)6-13(11)16-9-2-3-9/h1,4-6,9H,2-3,7,15H2,(H,16,17). The van der Waals surface area contributed by atoms with Crippen molar-refractivity contribution in [3.05, 3.63) is 35.8 Å². The second-order valence-electron chi connectivity index (χ2n) is 4.45. The van der Waals surface area contributed by atoms with Crippen molar-refractivity contribution in [3.63, 3.8) is 0 Å². The summed E-state index contributed by atoms with van der Waals surface area (Å²) >= 11 is 0. The van der Waals surface area contributed by atoms with Crippen molar-refractivity contribution >= 4 is 16.6 Å². The van der Waals surface area contributed by atoms with Gasteiger partial charge in [-0.1, -0.05) is 0 Å². The highest BCUT2D eigenvalue weighted by atomic mass is 19.1. The quantitative estimate of drug-likeness (QED) is 0.852. The lowest BCUT2D eigenvalue weighted by molar-refractivity contribution is 0.629. The highest BCUT2D eigenvalue weighted by Crippen LogP contribution is 2.30. The molecule has 0 bridgehead atoms. The Bertz CT molecular complexity index is 564. The fourth-order valence-electron chi connectivity index (χ4n) is 1.93. The highest BCUT2D eigenvalue weighted by Gasteiger charge is 2.21. The van der Waals surface area contributed by atoms with Crippen molar-refractivity contribution in [3.8, 4) is 0 Å². The van der Waals surface area contributed by atoms with E-state index < -0.39 is 0 Å². The van der Waals surface area contributed by atoms with Crippen LogP contribution in [0.15, 0.2) is 24.3 Å². The normalized spacial score (nSPS) is 15.2. The molecular weight excluding hydrogens is 217 g/mol. The fraction of sp³-hybridized carbons (Fsp3) is 0.308. The summed E-state index contributed by atoms with van der Waals surface area (Å²) in [6, 6.07) is 7.19. The zero-order valence-electron chi connectivity index (χ0n) is 9.41. The number of nitrogens with zero attached hydrogens (tertiary/aromatic N) is 1. The molecule has 3 nitrogen and oxygen atoms in total. The van der Waals surface area contributed by atoms with Crippen molar-refractivity contribution in [2.24, 2.45) is 5.73 Å². The van der Waals surface area contributed by atoms with Crippen LogP contribution in [0.25, 0.3) is 10.9 Å². The van der Waals surface area contributed by atoms with E-state index in [9.17, 15) is 4.39 Å². The molecule has 3 rings (SSSR count). The van der Waals surface area contributed by atoms with Crippen LogP contribution < -0.4 is 11.1 Å².